The lowest BCUT2D eigenvalue weighted by atomic mass is 10.2. The number of nitrogens with zero attached hydrogens (tertiary/aromatic N) is 1. The largest absolute Gasteiger partial charge is 0.468 e. The molecule has 0 fully saturated rings. The van der Waals surface area contributed by atoms with E-state index in [1.165, 1.54) is 7.11 Å². The minimum Gasteiger partial charge on any atom is -0.468 e. The maximum absolute atomic E-state index is 10.7. The van der Waals surface area contributed by atoms with Crippen LogP contribution in [0.25, 0.3) is 0 Å². The van der Waals surface area contributed by atoms with Gasteiger partial charge in [-0.2, -0.15) is 0 Å². The van der Waals surface area contributed by atoms with E-state index in [-0.39, 0.29) is 12.5 Å². The number of hydrogen-bond donors (Lipinski definition) is 0. The van der Waals surface area contributed by atoms with Crippen LogP contribution in [0.3, 0.4) is 0 Å². The molecule has 0 aliphatic rings. The maximum Gasteiger partial charge on any atom is 0.327 e. The highest BCUT2D eigenvalue weighted by atomic mass is 79.9. The van der Waals surface area contributed by atoms with Gasteiger partial charge in [0.05, 0.1) is 7.11 Å². The average Bonchev–Trinajstić information content (AvgIpc) is 2.21. The Morgan fingerprint density at radius 1 is 1.50 bits per heavy atom. The SMILES string of the molecule is COC(=O)C/N=C/c1ccc(Br)cc1. The Morgan fingerprint density at radius 3 is 2.71 bits per heavy atom. The van der Waals surface area contributed by atoms with E-state index in [1.54, 1.807) is 6.21 Å². The number of halogens is 1. The van der Waals surface area contributed by atoms with E-state index in [0.29, 0.717) is 0 Å². The number of hydrogen-bond acceptors (Lipinski definition) is 3. The highest BCUT2D eigenvalue weighted by Crippen LogP contribution is 2.08. The summed E-state index contributed by atoms with van der Waals surface area (Å²) < 4.78 is 5.46. The third-order valence-corrected chi connectivity index (χ3v) is 2.09. The Morgan fingerprint density at radius 2 is 2.14 bits per heavy atom. The summed E-state index contributed by atoms with van der Waals surface area (Å²) in [7, 11) is 1.34. The van der Waals surface area contributed by atoms with Crippen LogP contribution in [0.1, 0.15) is 5.56 Å². The first kappa shape index (κ1) is 10.9. The van der Waals surface area contributed by atoms with Crippen LogP contribution < -0.4 is 0 Å². The molecule has 0 saturated carbocycles. The van der Waals surface area contributed by atoms with Crippen LogP contribution in [-0.2, 0) is 9.53 Å². The van der Waals surface area contributed by atoms with Crippen molar-refractivity contribution >= 4 is 28.1 Å². The predicted molar refractivity (Wildman–Crippen MR) is 58.6 cm³/mol. The molecule has 0 amide bonds. The minimum absolute atomic E-state index is 0.0621. The number of methoxy groups -OCH3 is 1. The fourth-order valence-corrected chi connectivity index (χ4v) is 1.10. The molecule has 0 spiro atoms. The zero-order valence-electron chi connectivity index (χ0n) is 7.74. The van der Waals surface area contributed by atoms with E-state index in [9.17, 15) is 4.79 Å². The predicted octanol–water partition coefficient (Wildman–Crippen LogP) is 2.04. The summed E-state index contributed by atoms with van der Waals surface area (Å²) >= 11 is 3.33. The molecule has 0 aliphatic carbocycles. The first-order chi connectivity index (χ1) is 6.72. The second-order valence-electron chi connectivity index (χ2n) is 2.60. The fraction of sp³-hybridized carbons (Fsp3) is 0.200. The van der Waals surface area contributed by atoms with Crippen molar-refractivity contribution < 1.29 is 9.53 Å². The third kappa shape index (κ3) is 3.70. The van der Waals surface area contributed by atoms with Crippen molar-refractivity contribution in [2.75, 3.05) is 13.7 Å². The van der Waals surface area contributed by atoms with Gasteiger partial charge in [0.25, 0.3) is 0 Å². The van der Waals surface area contributed by atoms with Gasteiger partial charge in [-0.15, -0.1) is 0 Å². The standard InChI is InChI=1S/C10H10BrNO2/c1-14-10(13)7-12-6-8-2-4-9(11)5-3-8/h2-6H,7H2,1H3/b12-6+. The Bertz CT molecular complexity index is 332. The molecule has 0 atom stereocenters. The Balaban J connectivity index is 2.52. The zero-order valence-corrected chi connectivity index (χ0v) is 9.32. The summed E-state index contributed by atoms with van der Waals surface area (Å²) in [6, 6.07) is 7.65. The molecule has 1 aromatic rings. The van der Waals surface area contributed by atoms with Crippen molar-refractivity contribution in [3.05, 3.63) is 34.3 Å². The van der Waals surface area contributed by atoms with Crippen LogP contribution in [0.4, 0.5) is 0 Å². The highest BCUT2D eigenvalue weighted by Gasteiger charge is 1.94. The molecule has 74 valence electrons. The lowest BCUT2D eigenvalue weighted by Crippen LogP contribution is -2.04. The van der Waals surface area contributed by atoms with E-state index in [2.05, 4.69) is 25.7 Å². The molecule has 0 unspecified atom stereocenters. The summed E-state index contributed by atoms with van der Waals surface area (Å²) in [5.41, 5.74) is 0.956. The van der Waals surface area contributed by atoms with Gasteiger partial charge in [0.15, 0.2) is 0 Å². The normalized spacial score (nSPS) is 10.4. The van der Waals surface area contributed by atoms with Crippen LogP contribution >= 0.6 is 15.9 Å². The van der Waals surface area contributed by atoms with Gasteiger partial charge in [0.2, 0.25) is 0 Å². The van der Waals surface area contributed by atoms with Crippen LogP contribution in [-0.4, -0.2) is 25.8 Å². The fourth-order valence-electron chi connectivity index (χ4n) is 0.839. The number of benzene rings is 1. The summed E-state index contributed by atoms with van der Waals surface area (Å²) in [6.07, 6.45) is 1.64. The lowest BCUT2D eigenvalue weighted by molar-refractivity contribution is -0.138. The zero-order chi connectivity index (χ0) is 10.4. The summed E-state index contributed by atoms with van der Waals surface area (Å²) in [5, 5.41) is 0. The van der Waals surface area contributed by atoms with Crippen LogP contribution in [0.15, 0.2) is 33.7 Å². The van der Waals surface area contributed by atoms with Crippen molar-refractivity contribution in [3.63, 3.8) is 0 Å². The molecule has 0 saturated heterocycles. The van der Waals surface area contributed by atoms with Gasteiger partial charge >= 0.3 is 5.97 Å². The van der Waals surface area contributed by atoms with Crippen LogP contribution in [0, 0.1) is 0 Å². The highest BCUT2D eigenvalue weighted by molar-refractivity contribution is 9.10. The summed E-state index contributed by atoms with van der Waals surface area (Å²) in [6.45, 7) is 0.0621. The first-order valence-electron chi connectivity index (χ1n) is 4.04. The van der Waals surface area contributed by atoms with E-state index in [4.69, 9.17) is 0 Å². The number of rotatable bonds is 3. The molecular formula is C10H10BrNO2. The lowest BCUT2D eigenvalue weighted by Gasteiger charge is -1.94. The third-order valence-electron chi connectivity index (χ3n) is 1.56. The first-order valence-corrected chi connectivity index (χ1v) is 4.84. The molecule has 0 radical (unpaired) electrons. The average molecular weight is 256 g/mol. The van der Waals surface area contributed by atoms with Crippen molar-refractivity contribution in [2.45, 2.75) is 0 Å². The maximum atomic E-state index is 10.7. The molecule has 3 nitrogen and oxygen atoms in total. The molecule has 1 rings (SSSR count). The van der Waals surface area contributed by atoms with Crippen molar-refractivity contribution in [1.82, 2.24) is 0 Å². The van der Waals surface area contributed by atoms with E-state index < -0.39 is 0 Å². The molecule has 0 N–H and O–H groups in total. The van der Waals surface area contributed by atoms with Crippen molar-refractivity contribution in [1.29, 1.82) is 0 Å². The van der Waals surface area contributed by atoms with Gasteiger partial charge in [-0.3, -0.25) is 9.79 Å². The Kier molecular flexibility index (Phi) is 4.32. The molecule has 14 heavy (non-hydrogen) atoms. The van der Waals surface area contributed by atoms with E-state index >= 15 is 0 Å². The van der Waals surface area contributed by atoms with Crippen molar-refractivity contribution in [3.8, 4) is 0 Å². The number of aliphatic imine (C=N–C) groups is 1. The molecule has 1 aromatic carbocycles. The monoisotopic (exact) mass is 255 g/mol. The minimum atomic E-state index is -0.335. The second kappa shape index (κ2) is 5.54. The van der Waals surface area contributed by atoms with Crippen LogP contribution in [0.5, 0.6) is 0 Å². The van der Waals surface area contributed by atoms with Gasteiger partial charge in [-0.1, -0.05) is 28.1 Å². The van der Waals surface area contributed by atoms with Gasteiger partial charge in [-0.05, 0) is 17.7 Å². The Hall–Kier alpha value is -1.16. The van der Waals surface area contributed by atoms with Crippen molar-refractivity contribution in [2.24, 2.45) is 4.99 Å². The number of ether oxygens (including phenoxy) is 1. The number of carbonyl (C=O) groups is 1. The Labute approximate surface area is 90.9 Å². The molecule has 0 bridgehead atoms. The quantitative estimate of drug-likeness (QED) is 0.613. The molecular weight excluding hydrogens is 246 g/mol. The molecule has 0 aliphatic heterocycles. The van der Waals surface area contributed by atoms with Gasteiger partial charge in [-0.25, -0.2) is 0 Å². The smallest absolute Gasteiger partial charge is 0.327 e. The summed E-state index contributed by atoms with van der Waals surface area (Å²) in [5.74, 6) is -0.335. The van der Waals surface area contributed by atoms with Gasteiger partial charge < -0.3 is 4.74 Å². The number of carbonyl (C=O) groups excluding carboxylic acids is 1. The summed E-state index contributed by atoms with van der Waals surface area (Å²) in [4.78, 5) is 14.6. The molecule has 0 heterocycles. The topological polar surface area (TPSA) is 38.7 Å². The van der Waals surface area contributed by atoms with E-state index in [0.717, 1.165) is 10.0 Å². The van der Waals surface area contributed by atoms with Gasteiger partial charge in [0, 0.05) is 10.7 Å². The van der Waals surface area contributed by atoms with E-state index in [1.807, 2.05) is 24.3 Å². The van der Waals surface area contributed by atoms with Gasteiger partial charge in [0.1, 0.15) is 6.54 Å². The second-order valence-corrected chi connectivity index (χ2v) is 3.51. The van der Waals surface area contributed by atoms with Crippen LogP contribution in [0.2, 0.25) is 0 Å². The number of esters is 1. The molecule has 0 aromatic heterocycles. The molecule has 4 heteroatoms.